The van der Waals surface area contributed by atoms with Gasteiger partial charge < -0.3 is 5.73 Å². The van der Waals surface area contributed by atoms with Crippen molar-refractivity contribution < 1.29 is 13.2 Å². The van der Waals surface area contributed by atoms with Crippen LogP contribution in [-0.4, -0.2) is 50.2 Å². The molecular formula is C8H15N3O3S. The zero-order valence-corrected chi connectivity index (χ0v) is 9.16. The largest absolute Gasteiger partial charge is 0.368 e. The lowest BCUT2D eigenvalue weighted by Gasteiger charge is -2.39. The van der Waals surface area contributed by atoms with Crippen LogP contribution >= 0.6 is 0 Å². The van der Waals surface area contributed by atoms with Crippen LogP contribution in [0.1, 0.15) is 12.8 Å². The number of primary amides is 1. The van der Waals surface area contributed by atoms with E-state index in [9.17, 15) is 13.2 Å². The summed E-state index contributed by atoms with van der Waals surface area (Å²) in [7, 11) is -3.06. The van der Waals surface area contributed by atoms with E-state index >= 15 is 0 Å². The number of rotatable bonds is 3. The van der Waals surface area contributed by atoms with E-state index in [1.54, 1.807) is 0 Å². The van der Waals surface area contributed by atoms with E-state index in [0.717, 1.165) is 13.0 Å². The molecule has 15 heavy (non-hydrogen) atoms. The van der Waals surface area contributed by atoms with E-state index in [2.05, 4.69) is 4.72 Å². The number of likely N-dealkylation sites (tertiary alicyclic amines) is 1. The van der Waals surface area contributed by atoms with Gasteiger partial charge in [0.25, 0.3) is 0 Å². The van der Waals surface area contributed by atoms with Crippen molar-refractivity contribution in [2.45, 2.75) is 24.9 Å². The van der Waals surface area contributed by atoms with E-state index in [1.165, 1.54) is 0 Å². The molecule has 7 heteroatoms. The SMILES string of the molecule is NC(=O)C1CCN1CC1CCS(=O)(=O)N1. The predicted molar refractivity (Wildman–Crippen MR) is 54.5 cm³/mol. The normalized spacial score (nSPS) is 34.9. The summed E-state index contributed by atoms with van der Waals surface area (Å²) in [5.74, 6) is -0.130. The Hall–Kier alpha value is -0.660. The quantitative estimate of drug-likeness (QED) is 0.604. The van der Waals surface area contributed by atoms with E-state index in [0.29, 0.717) is 13.0 Å². The average molecular weight is 233 g/mol. The van der Waals surface area contributed by atoms with Gasteiger partial charge in [0.1, 0.15) is 0 Å². The van der Waals surface area contributed by atoms with Crippen molar-refractivity contribution in [3.8, 4) is 0 Å². The van der Waals surface area contributed by atoms with Crippen molar-refractivity contribution in [1.82, 2.24) is 9.62 Å². The highest BCUT2D eigenvalue weighted by Crippen LogP contribution is 2.19. The van der Waals surface area contributed by atoms with Crippen molar-refractivity contribution >= 4 is 15.9 Å². The smallest absolute Gasteiger partial charge is 0.234 e. The number of sulfonamides is 1. The van der Waals surface area contributed by atoms with Gasteiger partial charge in [-0.25, -0.2) is 13.1 Å². The highest BCUT2D eigenvalue weighted by Gasteiger charge is 2.36. The fourth-order valence-electron chi connectivity index (χ4n) is 2.06. The molecule has 86 valence electrons. The van der Waals surface area contributed by atoms with E-state index in [1.807, 2.05) is 4.90 Å². The van der Waals surface area contributed by atoms with Crippen LogP contribution in [0.3, 0.4) is 0 Å². The summed E-state index contributed by atoms with van der Waals surface area (Å²) in [4.78, 5) is 12.9. The van der Waals surface area contributed by atoms with Crippen molar-refractivity contribution in [3.63, 3.8) is 0 Å². The number of nitrogens with two attached hydrogens (primary N) is 1. The summed E-state index contributed by atoms with van der Waals surface area (Å²) in [6.45, 7) is 1.42. The Morgan fingerprint density at radius 2 is 2.20 bits per heavy atom. The van der Waals surface area contributed by atoms with Gasteiger partial charge in [0.15, 0.2) is 0 Å². The molecule has 0 bridgehead atoms. The summed E-state index contributed by atoms with van der Waals surface area (Å²) >= 11 is 0. The lowest BCUT2D eigenvalue weighted by Crippen LogP contribution is -2.57. The van der Waals surface area contributed by atoms with E-state index in [4.69, 9.17) is 5.73 Å². The molecule has 3 N–H and O–H groups in total. The van der Waals surface area contributed by atoms with Gasteiger partial charge in [0.2, 0.25) is 15.9 Å². The number of hydrogen-bond acceptors (Lipinski definition) is 4. The van der Waals surface area contributed by atoms with Gasteiger partial charge in [0, 0.05) is 19.1 Å². The Balaban J connectivity index is 1.86. The number of nitrogens with one attached hydrogen (secondary N) is 1. The topological polar surface area (TPSA) is 92.5 Å². The van der Waals surface area contributed by atoms with Crippen LogP contribution in [0.4, 0.5) is 0 Å². The van der Waals surface area contributed by atoms with Crippen molar-refractivity contribution in [3.05, 3.63) is 0 Å². The first kappa shape index (κ1) is 10.8. The zero-order chi connectivity index (χ0) is 11.1. The number of carbonyl (C=O) groups excluding carboxylic acids is 1. The van der Waals surface area contributed by atoms with Crippen LogP contribution < -0.4 is 10.5 Å². The molecule has 2 atom stereocenters. The zero-order valence-electron chi connectivity index (χ0n) is 8.35. The van der Waals surface area contributed by atoms with E-state index < -0.39 is 10.0 Å². The molecule has 2 heterocycles. The van der Waals surface area contributed by atoms with Crippen LogP contribution in [0, 0.1) is 0 Å². The molecular weight excluding hydrogens is 218 g/mol. The van der Waals surface area contributed by atoms with E-state index in [-0.39, 0.29) is 23.7 Å². The summed E-state index contributed by atoms with van der Waals surface area (Å²) in [6, 6.07) is -0.257. The highest BCUT2D eigenvalue weighted by molar-refractivity contribution is 7.89. The maximum Gasteiger partial charge on any atom is 0.234 e. The second-order valence-corrected chi connectivity index (χ2v) is 6.00. The second-order valence-electron chi connectivity index (χ2n) is 4.12. The minimum absolute atomic E-state index is 0.0582. The molecule has 0 aromatic rings. The third-order valence-corrected chi connectivity index (χ3v) is 4.46. The highest BCUT2D eigenvalue weighted by atomic mass is 32.2. The molecule has 0 aliphatic carbocycles. The summed E-state index contributed by atoms with van der Waals surface area (Å²) in [5, 5.41) is 0. The Bertz CT molecular complexity index is 367. The van der Waals surface area contributed by atoms with Gasteiger partial charge in [-0.1, -0.05) is 0 Å². The average Bonchev–Trinajstić information content (AvgIpc) is 2.38. The maximum absolute atomic E-state index is 11.1. The Morgan fingerprint density at radius 1 is 1.47 bits per heavy atom. The molecule has 6 nitrogen and oxygen atoms in total. The fourth-order valence-corrected chi connectivity index (χ4v) is 3.48. The van der Waals surface area contributed by atoms with Gasteiger partial charge in [-0.3, -0.25) is 9.69 Å². The van der Waals surface area contributed by atoms with Crippen LogP contribution in [0.25, 0.3) is 0 Å². The third-order valence-electron chi connectivity index (χ3n) is 3.00. The molecule has 0 spiro atoms. The molecule has 1 amide bonds. The van der Waals surface area contributed by atoms with Crippen molar-refractivity contribution in [2.75, 3.05) is 18.8 Å². The Kier molecular flexibility index (Phi) is 2.70. The summed E-state index contributed by atoms with van der Waals surface area (Å²) < 4.78 is 24.8. The second kappa shape index (κ2) is 3.73. The molecule has 2 aliphatic heterocycles. The van der Waals surface area contributed by atoms with Gasteiger partial charge >= 0.3 is 0 Å². The first-order valence-corrected chi connectivity index (χ1v) is 6.66. The Labute approximate surface area is 88.9 Å². The van der Waals surface area contributed by atoms with Gasteiger partial charge in [-0.15, -0.1) is 0 Å². The first-order valence-electron chi connectivity index (χ1n) is 5.01. The number of amides is 1. The van der Waals surface area contributed by atoms with Crippen molar-refractivity contribution in [1.29, 1.82) is 0 Å². The lowest BCUT2D eigenvalue weighted by atomic mass is 10.0. The molecule has 2 aliphatic rings. The predicted octanol–water partition coefficient (Wildman–Crippen LogP) is -1.76. The molecule has 0 saturated carbocycles. The van der Waals surface area contributed by atoms with Crippen LogP contribution in [0.5, 0.6) is 0 Å². The Morgan fingerprint density at radius 3 is 2.60 bits per heavy atom. The molecule has 0 aromatic heterocycles. The molecule has 0 aromatic carbocycles. The van der Waals surface area contributed by atoms with Crippen molar-refractivity contribution in [2.24, 2.45) is 5.73 Å². The first-order chi connectivity index (χ1) is 6.98. The number of hydrogen-bond donors (Lipinski definition) is 2. The summed E-state index contributed by atoms with van der Waals surface area (Å²) in [6.07, 6.45) is 1.40. The standard InChI is InChI=1S/C8H15N3O3S/c9-8(12)7-1-3-11(7)5-6-2-4-15(13,14)10-6/h6-7,10H,1-5H2,(H2,9,12). The molecule has 2 unspecified atom stereocenters. The number of nitrogens with zero attached hydrogens (tertiary/aromatic N) is 1. The maximum atomic E-state index is 11.1. The lowest BCUT2D eigenvalue weighted by molar-refractivity contribution is -0.127. The van der Waals surface area contributed by atoms with Gasteiger partial charge in [-0.2, -0.15) is 0 Å². The van der Waals surface area contributed by atoms with Gasteiger partial charge in [0.05, 0.1) is 11.8 Å². The summed E-state index contributed by atoms with van der Waals surface area (Å²) in [5.41, 5.74) is 5.20. The number of carbonyl (C=O) groups is 1. The molecule has 0 radical (unpaired) electrons. The van der Waals surface area contributed by atoms with Crippen LogP contribution in [0.15, 0.2) is 0 Å². The minimum atomic E-state index is -3.06. The monoisotopic (exact) mass is 233 g/mol. The molecule has 2 rings (SSSR count). The third kappa shape index (κ3) is 2.30. The fraction of sp³-hybridized carbons (Fsp3) is 0.875. The van der Waals surface area contributed by atoms with Crippen LogP contribution in [-0.2, 0) is 14.8 Å². The minimum Gasteiger partial charge on any atom is -0.368 e. The molecule has 2 fully saturated rings. The van der Waals surface area contributed by atoms with Gasteiger partial charge in [-0.05, 0) is 12.8 Å². The van der Waals surface area contributed by atoms with Crippen LogP contribution in [0.2, 0.25) is 0 Å². The molecule has 2 saturated heterocycles.